The third-order valence-electron chi connectivity index (χ3n) is 3.26. The van der Waals surface area contributed by atoms with Crippen molar-refractivity contribution in [1.29, 1.82) is 0 Å². The summed E-state index contributed by atoms with van der Waals surface area (Å²) in [5.74, 6) is 0. The molecule has 20 heavy (non-hydrogen) atoms. The Morgan fingerprint density at radius 2 is 2.15 bits per heavy atom. The molecular formula is C14H27BrN4O. The molecule has 5 nitrogen and oxygen atoms in total. The van der Waals surface area contributed by atoms with E-state index in [2.05, 4.69) is 46.9 Å². The first kappa shape index (κ1) is 17.6. The predicted octanol–water partition coefficient (Wildman–Crippen LogP) is 2.41. The lowest BCUT2D eigenvalue weighted by Crippen LogP contribution is -2.32. The van der Waals surface area contributed by atoms with Gasteiger partial charge in [-0.2, -0.15) is 5.10 Å². The van der Waals surface area contributed by atoms with Gasteiger partial charge in [0.2, 0.25) is 0 Å². The summed E-state index contributed by atoms with van der Waals surface area (Å²) < 4.78 is 8.75. The third-order valence-corrected chi connectivity index (χ3v) is 3.87. The summed E-state index contributed by atoms with van der Waals surface area (Å²) in [7, 11) is 4.11. The van der Waals surface area contributed by atoms with E-state index in [1.165, 1.54) is 0 Å². The monoisotopic (exact) mass is 346 g/mol. The molecule has 1 aromatic rings. The van der Waals surface area contributed by atoms with Crippen LogP contribution in [0.2, 0.25) is 0 Å². The van der Waals surface area contributed by atoms with Gasteiger partial charge in [-0.1, -0.05) is 13.3 Å². The van der Waals surface area contributed by atoms with E-state index in [-0.39, 0.29) is 12.1 Å². The molecule has 6 heteroatoms. The van der Waals surface area contributed by atoms with Crippen LogP contribution in [-0.4, -0.2) is 48.0 Å². The fourth-order valence-electron chi connectivity index (χ4n) is 2.22. The van der Waals surface area contributed by atoms with Crippen LogP contribution >= 0.6 is 15.9 Å². The van der Waals surface area contributed by atoms with E-state index in [0.29, 0.717) is 6.61 Å². The molecule has 0 radical (unpaired) electrons. The molecule has 0 aliphatic carbocycles. The fourth-order valence-corrected chi connectivity index (χ4v) is 2.78. The number of nitrogens with zero attached hydrogens (tertiary/aromatic N) is 3. The van der Waals surface area contributed by atoms with Crippen molar-refractivity contribution in [2.75, 3.05) is 27.2 Å². The van der Waals surface area contributed by atoms with Crippen LogP contribution in [0.4, 0.5) is 0 Å². The van der Waals surface area contributed by atoms with E-state index < -0.39 is 0 Å². The summed E-state index contributed by atoms with van der Waals surface area (Å²) in [5, 5.41) is 4.42. The summed E-state index contributed by atoms with van der Waals surface area (Å²) in [4.78, 5) is 2.14. The van der Waals surface area contributed by atoms with Gasteiger partial charge in [0.1, 0.15) is 0 Å². The van der Waals surface area contributed by atoms with Crippen LogP contribution in [0.1, 0.15) is 38.4 Å². The number of hydrogen-bond donors (Lipinski definition) is 1. The van der Waals surface area contributed by atoms with Gasteiger partial charge in [-0.3, -0.25) is 4.68 Å². The molecular weight excluding hydrogens is 320 g/mol. The van der Waals surface area contributed by atoms with Crippen LogP contribution in [0.25, 0.3) is 0 Å². The maximum atomic E-state index is 6.43. The molecule has 2 N–H and O–H groups in total. The number of ether oxygens (including phenoxy) is 1. The topological polar surface area (TPSA) is 56.3 Å². The Hall–Kier alpha value is -0.430. The first-order valence-corrected chi connectivity index (χ1v) is 8.03. The smallest absolute Gasteiger partial charge is 0.0783 e. The highest BCUT2D eigenvalue weighted by atomic mass is 79.9. The Bertz CT molecular complexity index is 389. The van der Waals surface area contributed by atoms with E-state index in [1.807, 2.05) is 17.8 Å². The van der Waals surface area contributed by atoms with E-state index in [1.54, 1.807) is 0 Å². The van der Waals surface area contributed by atoms with Crippen LogP contribution in [0, 0.1) is 0 Å². The molecule has 0 fully saturated rings. The maximum absolute atomic E-state index is 6.43. The van der Waals surface area contributed by atoms with Gasteiger partial charge in [0.25, 0.3) is 0 Å². The SMILES string of the molecule is CCCC(OCC)C(N)c1c(Br)cnn1CCN(C)C. The van der Waals surface area contributed by atoms with E-state index >= 15 is 0 Å². The Labute approximate surface area is 130 Å². The van der Waals surface area contributed by atoms with Crippen LogP contribution in [0.15, 0.2) is 10.7 Å². The minimum atomic E-state index is -0.158. The van der Waals surface area contributed by atoms with Crippen molar-refractivity contribution in [3.05, 3.63) is 16.4 Å². The summed E-state index contributed by atoms with van der Waals surface area (Å²) in [5.41, 5.74) is 7.46. The van der Waals surface area contributed by atoms with Crippen molar-refractivity contribution in [1.82, 2.24) is 14.7 Å². The normalized spacial score (nSPS) is 14.8. The first-order chi connectivity index (χ1) is 9.51. The highest BCUT2D eigenvalue weighted by Crippen LogP contribution is 2.27. The molecule has 1 aromatic heterocycles. The summed E-state index contributed by atoms with van der Waals surface area (Å²) in [6.07, 6.45) is 3.87. The Kier molecular flexibility index (Phi) is 7.72. The average molecular weight is 347 g/mol. The van der Waals surface area contributed by atoms with E-state index in [4.69, 9.17) is 10.5 Å². The Morgan fingerprint density at radius 3 is 2.70 bits per heavy atom. The lowest BCUT2D eigenvalue weighted by Gasteiger charge is -2.25. The number of halogens is 1. The number of likely N-dealkylation sites (N-methyl/N-ethyl adjacent to an activating group) is 1. The predicted molar refractivity (Wildman–Crippen MR) is 85.7 cm³/mol. The van der Waals surface area contributed by atoms with Crippen molar-refractivity contribution in [2.24, 2.45) is 5.73 Å². The molecule has 2 unspecified atom stereocenters. The average Bonchev–Trinajstić information content (AvgIpc) is 2.76. The van der Waals surface area contributed by atoms with Gasteiger partial charge in [0.15, 0.2) is 0 Å². The number of hydrogen-bond acceptors (Lipinski definition) is 4. The lowest BCUT2D eigenvalue weighted by atomic mass is 10.0. The molecule has 1 rings (SSSR count). The molecule has 0 amide bonds. The second-order valence-electron chi connectivity index (χ2n) is 5.21. The van der Waals surface area contributed by atoms with Crippen molar-refractivity contribution in [3.63, 3.8) is 0 Å². The number of nitrogens with two attached hydrogens (primary N) is 1. The number of aromatic nitrogens is 2. The van der Waals surface area contributed by atoms with Gasteiger partial charge in [-0.25, -0.2) is 0 Å². The molecule has 0 saturated heterocycles. The van der Waals surface area contributed by atoms with Gasteiger partial charge in [0, 0.05) is 13.2 Å². The molecule has 2 atom stereocenters. The standard InChI is InChI=1S/C14H27BrN4O/c1-5-7-12(20-6-2)13(16)14-11(15)10-17-19(14)9-8-18(3)4/h10,12-13H,5-9,16H2,1-4H3. The minimum Gasteiger partial charge on any atom is -0.376 e. The third kappa shape index (κ3) is 4.84. The molecule has 0 saturated carbocycles. The fraction of sp³-hybridized carbons (Fsp3) is 0.786. The summed E-state index contributed by atoms with van der Waals surface area (Å²) in [6, 6.07) is -0.158. The Balaban J connectivity index is 2.88. The zero-order valence-electron chi connectivity index (χ0n) is 13.0. The zero-order valence-corrected chi connectivity index (χ0v) is 14.6. The van der Waals surface area contributed by atoms with E-state index in [9.17, 15) is 0 Å². The van der Waals surface area contributed by atoms with Crippen LogP contribution < -0.4 is 5.73 Å². The first-order valence-electron chi connectivity index (χ1n) is 7.24. The lowest BCUT2D eigenvalue weighted by molar-refractivity contribution is 0.0352. The molecule has 0 aliphatic rings. The molecule has 0 bridgehead atoms. The zero-order chi connectivity index (χ0) is 15.1. The minimum absolute atomic E-state index is 0.0381. The van der Waals surface area contributed by atoms with Crippen molar-refractivity contribution >= 4 is 15.9 Å². The Morgan fingerprint density at radius 1 is 1.45 bits per heavy atom. The second kappa shape index (κ2) is 8.77. The maximum Gasteiger partial charge on any atom is 0.0783 e. The highest BCUT2D eigenvalue weighted by Gasteiger charge is 2.25. The second-order valence-corrected chi connectivity index (χ2v) is 6.07. The van der Waals surface area contributed by atoms with Gasteiger partial charge in [-0.05, 0) is 43.4 Å². The molecule has 1 heterocycles. The van der Waals surface area contributed by atoms with Crippen molar-refractivity contribution in [2.45, 2.75) is 45.4 Å². The quantitative estimate of drug-likeness (QED) is 0.745. The molecule has 0 spiro atoms. The van der Waals surface area contributed by atoms with Gasteiger partial charge < -0.3 is 15.4 Å². The van der Waals surface area contributed by atoms with E-state index in [0.717, 1.165) is 36.1 Å². The van der Waals surface area contributed by atoms with Gasteiger partial charge >= 0.3 is 0 Å². The molecule has 0 aromatic carbocycles. The molecule has 116 valence electrons. The van der Waals surface area contributed by atoms with Crippen LogP contribution in [-0.2, 0) is 11.3 Å². The van der Waals surface area contributed by atoms with Gasteiger partial charge in [-0.15, -0.1) is 0 Å². The largest absolute Gasteiger partial charge is 0.376 e. The molecule has 0 aliphatic heterocycles. The van der Waals surface area contributed by atoms with Crippen LogP contribution in [0.3, 0.4) is 0 Å². The number of rotatable bonds is 9. The van der Waals surface area contributed by atoms with Gasteiger partial charge in [0.05, 0.1) is 35.1 Å². The highest BCUT2D eigenvalue weighted by molar-refractivity contribution is 9.10. The van der Waals surface area contributed by atoms with Crippen molar-refractivity contribution in [3.8, 4) is 0 Å². The summed E-state index contributed by atoms with van der Waals surface area (Å²) in [6.45, 7) is 6.60. The van der Waals surface area contributed by atoms with Crippen molar-refractivity contribution < 1.29 is 4.74 Å². The van der Waals surface area contributed by atoms with Crippen LogP contribution in [0.5, 0.6) is 0 Å². The summed E-state index contributed by atoms with van der Waals surface area (Å²) >= 11 is 3.56.